The van der Waals surface area contributed by atoms with E-state index in [2.05, 4.69) is 4.98 Å². The maximum Gasteiger partial charge on any atom is 0.357 e. The first-order chi connectivity index (χ1) is 13.0. The van der Waals surface area contributed by atoms with Crippen molar-refractivity contribution in [3.8, 4) is 0 Å². The largest absolute Gasteiger partial charge is 0.464 e. The third kappa shape index (κ3) is 3.63. The van der Waals surface area contributed by atoms with Crippen LogP contribution in [0, 0.1) is 23.2 Å². The molecule has 0 saturated heterocycles. The summed E-state index contributed by atoms with van der Waals surface area (Å²) in [5.74, 6) is 2.03. The molecule has 1 aromatic heterocycles. The van der Waals surface area contributed by atoms with Gasteiger partial charge in [-0.15, -0.1) is 11.3 Å². The van der Waals surface area contributed by atoms with Crippen LogP contribution < -0.4 is 0 Å². The zero-order valence-corrected chi connectivity index (χ0v) is 16.9. The van der Waals surface area contributed by atoms with E-state index in [1.165, 1.54) is 37.7 Å². The fourth-order valence-electron chi connectivity index (χ4n) is 5.91. The second-order valence-corrected chi connectivity index (χ2v) is 9.48. The number of hydrogen-bond acceptors (Lipinski definition) is 6. The number of esters is 1. The van der Waals surface area contributed by atoms with Gasteiger partial charge in [-0.05, 0) is 56.3 Å². The molecule has 0 aromatic carbocycles. The maximum atomic E-state index is 13.7. The van der Waals surface area contributed by atoms with Crippen LogP contribution in [0.3, 0.4) is 0 Å². The molecule has 4 aliphatic rings. The minimum absolute atomic E-state index is 0.176. The Kier molecular flexibility index (Phi) is 5.25. The Morgan fingerprint density at radius 2 is 1.81 bits per heavy atom. The van der Waals surface area contributed by atoms with Gasteiger partial charge < -0.3 is 14.4 Å². The van der Waals surface area contributed by atoms with E-state index in [1.54, 1.807) is 12.5 Å². The third-order valence-electron chi connectivity index (χ3n) is 6.62. The van der Waals surface area contributed by atoms with Gasteiger partial charge >= 0.3 is 5.97 Å². The van der Waals surface area contributed by atoms with Crippen LogP contribution in [0.4, 0.5) is 0 Å². The molecule has 0 spiro atoms. The normalized spacial score (nSPS) is 31.1. The smallest absolute Gasteiger partial charge is 0.357 e. The summed E-state index contributed by atoms with van der Waals surface area (Å²) in [7, 11) is 3.01. The number of thiazole rings is 1. The Labute approximate surface area is 164 Å². The van der Waals surface area contributed by atoms with E-state index in [-0.39, 0.29) is 11.3 Å². The first-order valence-corrected chi connectivity index (χ1v) is 10.7. The Balaban J connectivity index is 1.52. The van der Waals surface area contributed by atoms with E-state index in [0.29, 0.717) is 25.4 Å². The molecule has 4 aliphatic carbocycles. The van der Waals surface area contributed by atoms with E-state index in [4.69, 9.17) is 9.47 Å². The lowest BCUT2D eigenvalue weighted by molar-refractivity contribution is -0.159. The molecule has 1 heterocycles. The molecule has 0 aliphatic heterocycles. The van der Waals surface area contributed by atoms with Gasteiger partial charge in [-0.1, -0.05) is 0 Å². The number of hydrogen-bond donors (Lipinski definition) is 0. The SMILES string of the molecule is COCCN(Cc1nc(C(=O)OC)cs1)C(=O)C12CC3CC(CC(C3)C1)C2. The predicted molar refractivity (Wildman–Crippen MR) is 101 cm³/mol. The number of aromatic nitrogens is 1. The zero-order chi connectivity index (χ0) is 19.0. The summed E-state index contributed by atoms with van der Waals surface area (Å²) in [6.07, 6.45) is 7.10. The molecule has 0 N–H and O–H groups in total. The van der Waals surface area contributed by atoms with Crippen LogP contribution in [-0.2, 0) is 20.8 Å². The first kappa shape index (κ1) is 18.9. The second kappa shape index (κ2) is 7.51. The van der Waals surface area contributed by atoms with Gasteiger partial charge in [0.1, 0.15) is 5.01 Å². The van der Waals surface area contributed by atoms with E-state index in [1.807, 2.05) is 4.90 Å². The van der Waals surface area contributed by atoms with Crippen molar-refractivity contribution in [2.45, 2.75) is 45.1 Å². The van der Waals surface area contributed by atoms with Gasteiger partial charge in [-0.2, -0.15) is 0 Å². The standard InChI is InChI=1S/C20H28N2O4S/c1-25-4-3-22(11-17-21-16(12-27-17)18(23)26-2)19(24)20-8-13-5-14(9-20)7-15(6-13)10-20/h12-15H,3-11H2,1-2H3. The number of amides is 1. The van der Waals surface area contributed by atoms with Crippen LogP contribution >= 0.6 is 11.3 Å². The number of ether oxygens (including phenoxy) is 2. The monoisotopic (exact) mass is 392 g/mol. The van der Waals surface area contributed by atoms with E-state index in [0.717, 1.165) is 42.0 Å². The fraction of sp³-hybridized carbons (Fsp3) is 0.750. The molecule has 27 heavy (non-hydrogen) atoms. The molecule has 6 nitrogen and oxygen atoms in total. The zero-order valence-electron chi connectivity index (χ0n) is 16.1. The van der Waals surface area contributed by atoms with Crippen LogP contribution in [0.5, 0.6) is 0 Å². The van der Waals surface area contributed by atoms with Crippen molar-refractivity contribution in [3.05, 3.63) is 16.1 Å². The van der Waals surface area contributed by atoms with Crippen LogP contribution in [0.15, 0.2) is 5.38 Å². The molecule has 0 radical (unpaired) electrons. The predicted octanol–water partition coefficient (Wildman–Crippen LogP) is 3.12. The van der Waals surface area contributed by atoms with Crippen molar-refractivity contribution in [2.24, 2.45) is 23.2 Å². The molecular formula is C20H28N2O4S. The highest BCUT2D eigenvalue weighted by Crippen LogP contribution is 2.60. The summed E-state index contributed by atoms with van der Waals surface area (Å²) in [6.45, 7) is 1.50. The fourth-order valence-corrected chi connectivity index (χ4v) is 6.69. The summed E-state index contributed by atoms with van der Waals surface area (Å²) in [5, 5.41) is 2.47. The van der Waals surface area contributed by atoms with Crippen molar-refractivity contribution < 1.29 is 19.1 Å². The summed E-state index contributed by atoms with van der Waals surface area (Å²) < 4.78 is 9.99. The van der Waals surface area contributed by atoms with Crippen LogP contribution in [0.1, 0.15) is 54.0 Å². The number of rotatable bonds is 7. The van der Waals surface area contributed by atoms with Crippen molar-refractivity contribution in [1.82, 2.24) is 9.88 Å². The highest BCUT2D eigenvalue weighted by Gasteiger charge is 2.55. The number of carbonyl (C=O) groups is 2. The van der Waals surface area contributed by atoms with E-state index >= 15 is 0 Å². The second-order valence-electron chi connectivity index (χ2n) is 8.54. The van der Waals surface area contributed by atoms with Gasteiger partial charge in [0.15, 0.2) is 5.69 Å². The molecule has 1 amide bonds. The summed E-state index contributed by atoms with van der Waals surface area (Å²) in [4.78, 5) is 31.6. The van der Waals surface area contributed by atoms with Crippen molar-refractivity contribution in [2.75, 3.05) is 27.4 Å². The lowest BCUT2D eigenvalue weighted by Crippen LogP contribution is -2.54. The minimum atomic E-state index is -0.437. The van der Waals surface area contributed by atoms with Gasteiger partial charge in [0.25, 0.3) is 0 Å². The number of nitrogens with zero attached hydrogens (tertiary/aromatic N) is 2. The van der Waals surface area contributed by atoms with Gasteiger partial charge in [-0.3, -0.25) is 4.79 Å². The molecule has 4 saturated carbocycles. The molecule has 1 aromatic rings. The van der Waals surface area contributed by atoms with Gasteiger partial charge in [-0.25, -0.2) is 9.78 Å². The molecule has 5 rings (SSSR count). The molecule has 148 valence electrons. The average Bonchev–Trinajstić information content (AvgIpc) is 3.11. The average molecular weight is 393 g/mol. The summed E-state index contributed by atoms with van der Waals surface area (Å²) in [6, 6.07) is 0. The van der Waals surface area contributed by atoms with Crippen LogP contribution in [0.2, 0.25) is 0 Å². The highest BCUT2D eigenvalue weighted by molar-refractivity contribution is 7.09. The third-order valence-corrected chi connectivity index (χ3v) is 7.45. The lowest BCUT2D eigenvalue weighted by atomic mass is 9.49. The topological polar surface area (TPSA) is 68.7 Å². The molecular weight excluding hydrogens is 364 g/mol. The van der Waals surface area contributed by atoms with Crippen LogP contribution in [0.25, 0.3) is 0 Å². The van der Waals surface area contributed by atoms with Crippen LogP contribution in [-0.4, -0.2) is 49.1 Å². The Morgan fingerprint density at radius 3 is 2.37 bits per heavy atom. The van der Waals surface area contributed by atoms with Gasteiger partial charge in [0, 0.05) is 19.0 Å². The molecule has 0 atom stereocenters. The summed E-state index contributed by atoms with van der Waals surface area (Å²) in [5.41, 5.74) is 0.136. The maximum absolute atomic E-state index is 13.7. The Hall–Kier alpha value is -1.47. The molecule has 4 fully saturated rings. The van der Waals surface area contributed by atoms with Gasteiger partial charge in [0.2, 0.25) is 5.91 Å². The lowest BCUT2D eigenvalue weighted by Gasteiger charge is -2.56. The van der Waals surface area contributed by atoms with Crippen molar-refractivity contribution >= 4 is 23.2 Å². The number of methoxy groups -OCH3 is 2. The first-order valence-electron chi connectivity index (χ1n) is 9.84. The highest BCUT2D eigenvalue weighted by atomic mass is 32.1. The van der Waals surface area contributed by atoms with Crippen molar-refractivity contribution in [1.29, 1.82) is 0 Å². The molecule has 4 bridgehead atoms. The Morgan fingerprint density at radius 1 is 1.19 bits per heavy atom. The quantitative estimate of drug-likeness (QED) is 0.667. The molecule has 7 heteroatoms. The Bertz CT molecular complexity index is 681. The number of carbonyl (C=O) groups excluding carboxylic acids is 2. The van der Waals surface area contributed by atoms with E-state index < -0.39 is 5.97 Å². The van der Waals surface area contributed by atoms with Gasteiger partial charge in [0.05, 0.1) is 25.7 Å². The summed E-state index contributed by atoms with van der Waals surface area (Å²) >= 11 is 1.40. The minimum Gasteiger partial charge on any atom is -0.464 e. The molecule has 0 unspecified atom stereocenters. The van der Waals surface area contributed by atoms with Crippen molar-refractivity contribution in [3.63, 3.8) is 0 Å². The van der Waals surface area contributed by atoms with E-state index in [9.17, 15) is 9.59 Å².